The van der Waals surface area contributed by atoms with Crippen LogP contribution in [0.1, 0.15) is 0 Å². The van der Waals surface area contributed by atoms with E-state index in [1.54, 1.807) is 0 Å². The predicted molar refractivity (Wildman–Crippen MR) is 250 cm³/mol. The maximum atomic E-state index is 5.23. The van der Waals surface area contributed by atoms with Crippen molar-refractivity contribution in [2.45, 2.75) is 0 Å². The summed E-state index contributed by atoms with van der Waals surface area (Å²) < 4.78 is 4.83. The molecule has 0 aliphatic carbocycles. The average molecular weight is 765 g/mol. The fourth-order valence-electron chi connectivity index (χ4n) is 9.11. The molecule has 0 saturated carbocycles. The van der Waals surface area contributed by atoms with Crippen LogP contribution in [0.3, 0.4) is 0 Å². The van der Waals surface area contributed by atoms with E-state index in [-0.39, 0.29) is 0 Å². The van der Waals surface area contributed by atoms with E-state index in [1.165, 1.54) is 54.7 Å². The molecular weight excluding hydrogens is 729 g/mol. The first-order valence-electron chi connectivity index (χ1n) is 20.4. The first-order valence-corrected chi connectivity index (χ1v) is 20.4. The third kappa shape index (κ3) is 5.53. The van der Waals surface area contributed by atoms with Crippen molar-refractivity contribution in [3.63, 3.8) is 0 Å². The minimum absolute atomic E-state index is 0.702. The van der Waals surface area contributed by atoms with Gasteiger partial charge in [-0.25, -0.2) is 9.97 Å². The molecule has 0 aliphatic heterocycles. The quantitative estimate of drug-likeness (QED) is 0.169. The molecule has 3 aromatic heterocycles. The lowest BCUT2D eigenvalue weighted by Crippen LogP contribution is -1.97. The zero-order chi connectivity index (χ0) is 39.6. The van der Waals surface area contributed by atoms with Gasteiger partial charge in [0.25, 0.3) is 0 Å². The highest BCUT2D eigenvalue weighted by molar-refractivity contribution is 6.19. The lowest BCUT2D eigenvalue weighted by molar-refractivity contribution is 1.17. The fraction of sp³-hybridized carbons (Fsp3) is 0. The number of benzene rings is 9. The second kappa shape index (κ2) is 13.8. The molecule has 60 heavy (non-hydrogen) atoms. The standard InChI is InChI=1S/C56H36N4/c1-4-15-37(16-5-1)38-27-29-39(30-28-38)50-35-51(58-56(57-50)40-17-6-2-7-18-40)45-24-14-19-41-33-43(31-32-44(41)45)60-53-26-13-11-23-47(53)49-34-48-46-22-10-12-25-52(46)59(54(48)36-55(49)60)42-20-8-3-9-21-42/h1-36H. The van der Waals surface area contributed by atoms with Gasteiger partial charge in [-0.2, -0.15) is 0 Å². The largest absolute Gasteiger partial charge is 0.309 e. The summed E-state index contributed by atoms with van der Waals surface area (Å²) in [6, 6.07) is 78.0. The van der Waals surface area contributed by atoms with Crippen molar-refractivity contribution in [2.24, 2.45) is 0 Å². The fourth-order valence-corrected chi connectivity index (χ4v) is 9.11. The van der Waals surface area contributed by atoms with Crippen LogP contribution in [0.4, 0.5) is 0 Å². The molecule has 0 fully saturated rings. The summed E-state index contributed by atoms with van der Waals surface area (Å²) in [7, 11) is 0. The SMILES string of the molecule is c1ccc(-c2ccc(-c3cc(-c4cccc5cc(-n6c7ccccc7c7cc8c9ccccc9n(-c9ccccc9)c8cc76)ccc45)nc(-c4ccccc4)n3)cc2)cc1. The van der Waals surface area contributed by atoms with Gasteiger partial charge < -0.3 is 9.13 Å². The van der Waals surface area contributed by atoms with Crippen molar-refractivity contribution in [1.29, 1.82) is 0 Å². The zero-order valence-corrected chi connectivity index (χ0v) is 32.6. The third-order valence-corrected chi connectivity index (χ3v) is 11.9. The van der Waals surface area contributed by atoms with Gasteiger partial charge in [-0.05, 0) is 76.5 Å². The van der Waals surface area contributed by atoms with E-state index in [0.717, 1.165) is 50.2 Å². The molecule has 0 bridgehead atoms. The van der Waals surface area contributed by atoms with Gasteiger partial charge in [-0.1, -0.05) is 164 Å². The molecule has 4 heteroatoms. The summed E-state index contributed by atoms with van der Waals surface area (Å²) in [4.78, 5) is 10.4. The molecule has 0 N–H and O–H groups in total. The molecule has 0 spiro atoms. The number of nitrogens with zero attached hydrogens (tertiary/aromatic N) is 4. The molecular formula is C56H36N4. The highest BCUT2D eigenvalue weighted by Gasteiger charge is 2.19. The van der Waals surface area contributed by atoms with Gasteiger partial charge in [-0.15, -0.1) is 0 Å². The Labute approximate surface area is 346 Å². The number of rotatable bonds is 6. The van der Waals surface area contributed by atoms with E-state index in [0.29, 0.717) is 5.82 Å². The molecule has 3 heterocycles. The van der Waals surface area contributed by atoms with Crippen LogP contribution in [0.25, 0.3) is 111 Å². The van der Waals surface area contributed by atoms with Gasteiger partial charge in [0, 0.05) is 49.6 Å². The molecule has 0 amide bonds. The minimum atomic E-state index is 0.702. The molecule has 12 aromatic rings. The van der Waals surface area contributed by atoms with E-state index >= 15 is 0 Å². The maximum Gasteiger partial charge on any atom is 0.160 e. The maximum absolute atomic E-state index is 5.23. The third-order valence-electron chi connectivity index (χ3n) is 11.9. The van der Waals surface area contributed by atoms with Crippen LogP contribution in [0.15, 0.2) is 218 Å². The summed E-state index contributed by atoms with van der Waals surface area (Å²) in [5, 5.41) is 7.25. The highest BCUT2D eigenvalue weighted by Crippen LogP contribution is 2.41. The van der Waals surface area contributed by atoms with Crippen LogP contribution >= 0.6 is 0 Å². The van der Waals surface area contributed by atoms with Gasteiger partial charge in [0.05, 0.1) is 33.5 Å². The molecule has 280 valence electrons. The van der Waals surface area contributed by atoms with Crippen LogP contribution in [-0.4, -0.2) is 19.1 Å². The normalized spacial score (nSPS) is 11.7. The number of aromatic nitrogens is 4. The first-order chi connectivity index (χ1) is 29.7. The smallest absolute Gasteiger partial charge is 0.160 e. The van der Waals surface area contributed by atoms with Crippen LogP contribution in [0.2, 0.25) is 0 Å². The Balaban J connectivity index is 1.03. The Morgan fingerprint density at radius 2 is 0.833 bits per heavy atom. The van der Waals surface area contributed by atoms with E-state index in [4.69, 9.17) is 9.97 Å². The molecule has 0 aliphatic rings. The number of para-hydroxylation sites is 3. The Morgan fingerprint density at radius 1 is 0.283 bits per heavy atom. The Kier molecular flexibility index (Phi) is 7.82. The first kappa shape index (κ1) is 34.0. The number of hydrogen-bond donors (Lipinski definition) is 0. The Hall–Kier alpha value is -8.08. The molecule has 0 atom stereocenters. The van der Waals surface area contributed by atoms with Crippen molar-refractivity contribution in [3.05, 3.63) is 218 Å². The van der Waals surface area contributed by atoms with Crippen LogP contribution in [0.5, 0.6) is 0 Å². The Bertz CT molecular complexity index is 3570. The second-order valence-corrected chi connectivity index (χ2v) is 15.4. The van der Waals surface area contributed by atoms with Gasteiger partial charge in [0.2, 0.25) is 0 Å². The van der Waals surface area contributed by atoms with E-state index in [1.807, 2.05) is 24.3 Å². The summed E-state index contributed by atoms with van der Waals surface area (Å²) in [6.45, 7) is 0. The van der Waals surface area contributed by atoms with Crippen molar-refractivity contribution in [1.82, 2.24) is 19.1 Å². The second-order valence-electron chi connectivity index (χ2n) is 15.4. The van der Waals surface area contributed by atoms with Crippen molar-refractivity contribution < 1.29 is 0 Å². The van der Waals surface area contributed by atoms with Crippen molar-refractivity contribution in [2.75, 3.05) is 0 Å². The predicted octanol–water partition coefficient (Wildman–Crippen LogP) is 14.5. The van der Waals surface area contributed by atoms with Crippen LogP contribution in [0, 0.1) is 0 Å². The minimum Gasteiger partial charge on any atom is -0.309 e. The average Bonchev–Trinajstić information content (AvgIpc) is 3.83. The lowest BCUT2D eigenvalue weighted by Gasteiger charge is -2.14. The zero-order valence-electron chi connectivity index (χ0n) is 32.6. The summed E-state index contributed by atoms with van der Waals surface area (Å²) in [6.07, 6.45) is 0. The van der Waals surface area contributed by atoms with Gasteiger partial charge in [-0.3, -0.25) is 0 Å². The lowest BCUT2D eigenvalue weighted by atomic mass is 9.99. The summed E-state index contributed by atoms with van der Waals surface area (Å²) in [5.74, 6) is 0.702. The summed E-state index contributed by atoms with van der Waals surface area (Å²) in [5.41, 5.74) is 14.2. The highest BCUT2D eigenvalue weighted by atomic mass is 15.0. The molecule has 0 unspecified atom stereocenters. The van der Waals surface area contributed by atoms with Crippen molar-refractivity contribution >= 4 is 54.4 Å². The topological polar surface area (TPSA) is 35.6 Å². The van der Waals surface area contributed by atoms with Crippen molar-refractivity contribution in [3.8, 4) is 56.4 Å². The van der Waals surface area contributed by atoms with E-state index in [2.05, 4.69) is 203 Å². The van der Waals surface area contributed by atoms with Gasteiger partial charge in [0.15, 0.2) is 5.82 Å². The Morgan fingerprint density at radius 3 is 1.52 bits per heavy atom. The monoisotopic (exact) mass is 764 g/mol. The molecule has 0 saturated heterocycles. The number of hydrogen-bond acceptors (Lipinski definition) is 2. The molecule has 4 nitrogen and oxygen atoms in total. The van der Waals surface area contributed by atoms with Gasteiger partial charge >= 0.3 is 0 Å². The van der Waals surface area contributed by atoms with Crippen LogP contribution < -0.4 is 0 Å². The van der Waals surface area contributed by atoms with E-state index in [9.17, 15) is 0 Å². The number of fused-ring (bicyclic) bond motifs is 7. The molecule has 9 aromatic carbocycles. The van der Waals surface area contributed by atoms with E-state index < -0.39 is 0 Å². The molecule has 12 rings (SSSR count). The van der Waals surface area contributed by atoms with Crippen LogP contribution in [-0.2, 0) is 0 Å². The summed E-state index contributed by atoms with van der Waals surface area (Å²) >= 11 is 0. The molecule has 0 radical (unpaired) electrons. The van der Waals surface area contributed by atoms with Gasteiger partial charge in [0.1, 0.15) is 0 Å².